The third-order valence-corrected chi connectivity index (χ3v) is 5.71. The Kier molecular flexibility index (Phi) is 4.40. The predicted molar refractivity (Wildman–Crippen MR) is 118 cm³/mol. The zero-order chi connectivity index (χ0) is 20.7. The standard InChI is InChI=1S/C22H17N5O2S/c1-14-4-3-8-26-11-18(25-20(14)26)15-5-2-6-16(10-15)24-19(28)12-27-13-23-21-17(22(27)29)7-9-30-21/h2-11,13H,12H2,1H3,(H,24,28). The lowest BCUT2D eigenvalue weighted by Crippen LogP contribution is -2.27. The number of fused-ring (bicyclic) bond motifs is 2. The third-order valence-electron chi connectivity index (χ3n) is 4.88. The first-order chi connectivity index (χ1) is 14.6. The fourth-order valence-electron chi connectivity index (χ4n) is 3.41. The number of aromatic nitrogens is 4. The van der Waals surface area contributed by atoms with Gasteiger partial charge < -0.3 is 9.72 Å². The summed E-state index contributed by atoms with van der Waals surface area (Å²) in [6, 6.07) is 13.2. The molecule has 0 radical (unpaired) electrons. The average molecular weight is 415 g/mol. The highest BCUT2D eigenvalue weighted by Crippen LogP contribution is 2.23. The normalized spacial score (nSPS) is 11.2. The summed E-state index contributed by atoms with van der Waals surface area (Å²) in [5.41, 5.74) is 4.14. The molecule has 4 aromatic heterocycles. The molecule has 1 N–H and O–H groups in total. The van der Waals surface area contributed by atoms with Crippen molar-refractivity contribution >= 4 is 38.8 Å². The van der Waals surface area contributed by atoms with Gasteiger partial charge in [-0.15, -0.1) is 11.3 Å². The Bertz CT molecular complexity index is 1460. The number of anilines is 1. The van der Waals surface area contributed by atoms with Gasteiger partial charge in [-0.2, -0.15) is 0 Å². The summed E-state index contributed by atoms with van der Waals surface area (Å²) in [7, 11) is 0. The number of nitrogens with one attached hydrogen (secondary N) is 1. The monoisotopic (exact) mass is 415 g/mol. The van der Waals surface area contributed by atoms with Crippen LogP contribution in [0.5, 0.6) is 0 Å². The smallest absolute Gasteiger partial charge is 0.262 e. The minimum atomic E-state index is -0.295. The van der Waals surface area contributed by atoms with Gasteiger partial charge in [0.15, 0.2) is 0 Å². The van der Waals surface area contributed by atoms with E-state index in [1.807, 2.05) is 65.5 Å². The van der Waals surface area contributed by atoms with Crippen LogP contribution in [-0.4, -0.2) is 24.8 Å². The number of imidazole rings is 1. The van der Waals surface area contributed by atoms with Gasteiger partial charge >= 0.3 is 0 Å². The number of thiophene rings is 1. The van der Waals surface area contributed by atoms with E-state index < -0.39 is 0 Å². The van der Waals surface area contributed by atoms with Crippen LogP contribution in [0.2, 0.25) is 0 Å². The number of rotatable bonds is 4. The highest BCUT2D eigenvalue weighted by molar-refractivity contribution is 7.16. The Morgan fingerprint density at radius 1 is 1.20 bits per heavy atom. The maximum Gasteiger partial charge on any atom is 0.262 e. The number of hydrogen-bond acceptors (Lipinski definition) is 5. The summed E-state index contributed by atoms with van der Waals surface area (Å²) >= 11 is 1.40. The Labute approximate surface area is 175 Å². The van der Waals surface area contributed by atoms with Crippen LogP contribution in [0.4, 0.5) is 5.69 Å². The molecule has 0 saturated heterocycles. The van der Waals surface area contributed by atoms with Gasteiger partial charge in [-0.25, -0.2) is 9.97 Å². The van der Waals surface area contributed by atoms with Crippen LogP contribution < -0.4 is 10.9 Å². The summed E-state index contributed by atoms with van der Waals surface area (Å²) in [5.74, 6) is -0.295. The van der Waals surface area contributed by atoms with Gasteiger partial charge in [-0.05, 0) is 42.1 Å². The molecule has 5 aromatic rings. The maximum atomic E-state index is 12.5. The second kappa shape index (κ2) is 7.23. The molecule has 1 amide bonds. The van der Waals surface area contributed by atoms with Crippen LogP contribution >= 0.6 is 11.3 Å². The van der Waals surface area contributed by atoms with E-state index in [-0.39, 0.29) is 18.0 Å². The van der Waals surface area contributed by atoms with Gasteiger partial charge in [0.25, 0.3) is 5.56 Å². The molecular weight excluding hydrogens is 398 g/mol. The van der Waals surface area contributed by atoms with Gasteiger partial charge in [0.2, 0.25) is 5.91 Å². The fourth-order valence-corrected chi connectivity index (χ4v) is 4.13. The van der Waals surface area contributed by atoms with Gasteiger partial charge in [0, 0.05) is 23.6 Å². The van der Waals surface area contributed by atoms with Crippen molar-refractivity contribution in [1.29, 1.82) is 0 Å². The molecule has 0 aliphatic carbocycles. The average Bonchev–Trinajstić information content (AvgIpc) is 3.38. The molecule has 8 heteroatoms. The first-order valence-electron chi connectivity index (χ1n) is 9.36. The molecule has 30 heavy (non-hydrogen) atoms. The zero-order valence-corrected chi connectivity index (χ0v) is 16.9. The topological polar surface area (TPSA) is 81.3 Å². The fraction of sp³-hybridized carbons (Fsp3) is 0.0909. The molecule has 0 aliphatic rings. The maximum absolute atomic E-state index is 12.5. The molecule has 148 valence electrons. The Balaban J connectivity index is 1.38. The summed E-state index contributed by atoms with van der Waals surface area (Å²) in [5, 5.41) is 5.20. The van der Waals surface area contributed by atoms with Crippen LogP contribution in [0.1, 0.15) is 5.56 Å². The number of hydrogen-bond donors (Lipinski definition) is 1. The summed E-state index contributed by atoms with van der Waals surface area (Å²) in [6.07, 6.45) is 5.33. The molecule has 0 fully saturated rings. The lowest BCUT2D eigenvalue weighted by Gasteiger charge is -2.08. The number of pyridine rings is 1. The van der Waals surface area contributed by atoms with E-state index in [0.29, 0.717) is 15.9 Å². The van der Waals surface area contributed by atoms with Crippen molar-refractivity contribution in [2.24, 2.45) is 0 Å². The van der Waals surface area contributed by atoms with Crippen LogP contribution in [-0.2, 0) is 11.3 Å². The highest BCUT2D eigenvalue weighted by atomic mass is 32.1. The summed E-state index contributed by atoms with van der Waals surface area (Å²) < 4.78 is 3.30. The number of nitrogens with zero attached hydrogens (tertiary/aromatic N) is 4. The first-order valence-corrected chi connectivity index (χ1v) is 10.2. The molecule has 0 spiro atoms. The van der Waals surface area contributed by atoms with E-state index in [1.54, 1.807) is 6.07 Å². The number of amides is 1. The molecule has 0 atom stereocenters. The molecule has 0 unspecified atom stereocenters. The SMILES string of the molecule is Cc1cccn2cc(-c3cccc(NC(=O)Cn4cnc5sccc5c4=O)c3)nc12. The van der Waals surface area contributed by atoms with Crippen molar-refractivity contribution < 1.29 is 4.79 Å². The van der Waals surface area contributed by atoms with E-state index in [0.717, 1.165) is 22.5 Å². The van der Waals surface area contributed by atoms with E-state index in [2.05, 4.69) is 10.3 Å². The van der Waals surface area contributed by atoms with E-state index >= 15 is 0 Å². The highest BCUT2D eigenvalue weighted by Gasteiger charge is 2.11. The zero-order valence-electron chi connectivity index (χ0n) is 16.1. The second-order valence-corrected chi connectivity index (χ2v) is 7.89. The lowest BCUT2D eigenvalue weighted by atomic mass is 10.1. The van der Waals surface area contributed by atoms with Crippen LogP contribution in [0.25, 0.3) is 27.1 Å². The number of carbonyl (C=O) groups is 1. The predicted octanol–water partition coefficient (Wildman–Crippen LogP) is 3.72. The van der Waals surface area contributed by atoms with Crippen molar-refractivity contribution in [3.63, 3.8) is 0 Å². The number of aryl methyl sites for hydroxylation is 1. The van der Waals surface area contributed by atoms with Crippen LogP contribution in [0.3, 0.4) is 0 Å². The Morgan fingerprint density at radius 3 is 2.97 bits per heavy atom. The summed E-state index contributed by atoms with van der Waals surface area (Å²) in [4.78, 5) is 34.6. The van der Waals surface area contributed by atoms with Gasteiger partial charge in [-0.3, -0.25) is 14.2 Å². The van der Waals surface area contributed by atoms with E-state index in [1.165, 1.54) is 22.2 Å². The summed E-state index contributed by atoms with van der Waals surface area (Å²) in [6.45, 7) is 1.92. The minimum absolute atomic E-state index is 0.102. The van der Waals surface area contributed by atoms with Crippen molar-refractivity contribution in [2.45, 2.75) is 13.5 Å². The molecule has 1 aromatic carbocycles. The number of carbonyl (C=O) groups excluding carboxylic acids is 1. The molecule has 4 heterocycles. The van der Waals surface area contributed by atoms with Crippen molar-refractivity contribution in [1.82, 2.24) is 18.9 Å². The van der Waals surface area contributed by atoms with Crippen LogP contribution in [0.15, 0.2) is 71.4 Å². The molecule has 0 saturated carbocycles. The van der Waals surface area contributed by atoms with Crippen molar-refractivity contribution in [3.8, 4) is 11.3 Å². The molecule has 5 rings (SSSR count). The van der Waals surface area contributed by atoms with Gasteiger partial charge in [0.05, 0.1) is 17.4 Å². The first kappa shape index (κ1) is 18.3. The molecular formula is C22H17N5O2S. The third kappa shape index (κ3) is 3.27. The Morgan fingerprint density at radius 2 is 2.10 bits per heavy atom. The minimum Gasteiger partial charge on any atom is -0.325 e. The molecule has 0 bridgehead atoms. The van der Waals surface area contributed by atoms with Crippen LogP contribution in [0, 0.1) is 6.92 Å². The van der Waals surface area contributed by atoms with Gasteiger partial charge in [-0.1, -0.05) is 18.2 Å². The van der Waals surface area contributed by atoms with Crippen molar-refractivity contribution in [3.05, 3.63) is 82.5 Å². The number of benzene rings is 1. The Hall–Kier alpha value is -3.78. The lowest BCUT2D eigenvalue weighted by molar-refractivity contribution is -0.116. The van der Waals surface area contributed by atoms with Crippen molar-refractivity contribution in [2.75, 3.05) is 5.32 Å². The quantitative estimate of drug-likeness (QED) is 0.485. The van der Waals surface area contributed by atoms with E-state index in [9.17, 15) is 9.59 Å². The van der Waals surface area contributed by atoms with E-state index in [4.69, 9.17) is 4.98 Å². The second-order valence-electron chi connectivity index (χ2n) is 6.99. The van der Waals surface area contributed by atoms with Gasteiger partial charge in [0.1, 0.15) is 17.0 Å². The molecule has 0 aliphatic heterocycles. The molecule has 7 nitrogen and oxygen atoms in total. The largest absolute Gasteiger partial charge is 0.325 e.